The second-order valence-corrected chi connectivity index (χ2v) is 7.90. The van der Waals surface area contributed by atoms with Gasteiger partial charge in [0, 0.05) is 11.4 Å². The Morgan fingerprint density at radius 1 is 1.14 bits per heavy atom. The van der Waals surface area contributed by atoms with E-state index in [0.29, 0.717) is 24.5 Å². The predicted molar refractivity (Wildman–Crippen MR) is 115 cm³/mol. The van der Waals surface area contributed by atoms with E-state index in [1.165, 1.54) is 4.88 Å². The molecule has 6 heteroatoms. The number of thiophene rings is 1. The quantitative estimate of drug-likeness (QED) is 0.466. The molecule has 0 saturated carbocycles. The number of aryl methyl sites for hydroxylation is 2. The summed E-state index contributed by atoms with van der Waals surface area (Å²) in [6, 6.07) is 15.8. The third-order valence-electron chi connectivity index (χ3n) is 4.88. The Morgan fingerprint density at radius 2 is 1.93 bits per heavy atom. The van der Waals surface area contributed by atoms with Crippen molar-refractivity contribution >= 4 is 28.0 Å². The van der Waals surface area contributed by atoms with Crippen LogP contribution in [0.3, 0.4) is 0 Å². The summed E-state index contributed by atoms with van der Waals surface area (Å²) >= 11 is 1.69. The number of amides is 1. The first-order valence-electron chi connectivity index (χ1n) is 9.50. The van der Waals surface area contributed by atoms with E-state index in [0.717, 1.165) is 34.2 Å². The van der Waals surface area contributed by atoms with Crippen LogP contribution in [0.15, 0.2) is 58.4 Å². The first-order chi connectivity index (χ1) is 14.1. The number of benzene rings is 2. The van der Waals surface area contributed by atoms with Crippen LogP contribution in [0, 0.1) is 13.8 Å². The molecular weight excluding hydrogens is 384 g/mol. The molecule has 1 amide bonds. The molecule has 0 spiro atoms. The van der Waals surface area contributed by atoms with Crippen molar-refractivity contribution in [2.24, 2.45) is 0 Å². The van der Waals surface area contributed by atoms with Gasteiger partial charge < -0.3 is 14.6 Å². The molecular formula is C23H22N2O3S. The minimum Gasteiger partial charge on any atom is -0.488 e. The second kappa shape index (κ2) is 8.49. The van der Waals surface area contributed by atoms with Crippen molar-refractivity contribution in [1.82, 2.24) is 10.5 Å². The van der Waals surface area contributed by atoms with E-state index in [4.69, 9.17) is 9.26 Å². The van der Waals surface area contributed by atoms with Crippen LogP contribution in [-0.2, 0) is 13.0 Å². The third-order valence-corrected chi connectivity index (χ3v) is 5.82. The fourth-order valence-corrected chi connectivity index (χ4v) is 3.93. The molecule has 4 aromatic rings. The molecule has 0 fully saturated rings. The lowest BCUT2D eigenvalue weighted by Crippen LogP contribution is -2.26. The van der Waals surface area contributed by atoms with Crippen molar-refractivity contribution < 1.29 is 14.1 Å². The van der Waals surface area contributed by atoms with Crippen molar-refractivity contribution in [2.75, 3.05) is 6.54 Å². The van der Waals surface area contributed by atoms with Crippen LogP contribution in [-0.4, -0.2) is 17.6 Å². The molecule has 0 saturated heterocycles. The molecule has 0 unspecified atom stereocenters. The first-order valence-corrected chi connectivity index (χ1v) is 10.4. The molecule has 0 bridgehead atoms. The van der Waals surface area contributed by atoms with Gasteiger partial charge in [0.05, 0.1) is 16.8 Å². The van der Waals surface area contributed by atoms with Gasteiger partial charge in [0.15, 0.2) is 0 Å². The summed E-state index contributed by atoms with van der Waals surface area (Å²) in [7, 11) is 0. The highest BCUT2D eigenvalue weighted by Gasteiger charge is 2.16. The number of rotatable bonds is 7. The van der Waals surface area contributed by atoms with Crippen LogP contribution in [0.4, 0.5) is 0 Å². The lowest BCUT2D eigenvalue weighted by molar-refractivity contribution is 0.0950. The highest BCUT2D eigenvalue weighted by atomic mass is 32.1. The third kappa shape index (κ3) is 4.32. The summed E-state index contributed by atoms with van der Waals surface area (Å²) in [4.78, 5) is 14.2. The summed E-state index contributed by atoms with van der Waals surface area (Å²) < 4.78 is 11.3. The van der Waals surface area contributed by atoms with Crippen LogP contribution in [0.25, 0.3) is 10.8 Å². The maximum absolute atomic E-state index is 12.9. The summed E-state index contributed by atoms with van der Waals surface area (Å²) in [5.74, 6) is 1.14. The molecule has 5 nitrogen and oxygen atoms in total. The number of carbonyl (C=O) groups is 1. The zero-order valence-electron chi connectivity index (χ0n) is 16.4. The molecule has 0 aliphatic heterocycles. The summed E-state index contributed by atoms with van der Waals surface area (Å²) in [6.45, 7) is 4.62. The normalized spacial score (nSPS) is 11.0. The average Bonchev–Trinajstić information content (AvgIpc) is 3.35. The number of ether oxygens (including phenoxy) is 1. The topological polar surface area (TPSA) is 64.4 Å². The predicted octanol–water partition coefficient (Wildman–Crippen LogP) is 5.06. The minimum absolute atomic E-state index is 0.138. The van der Waals surface area contributed by atoms with E-state index < -0.39 is 0 Å². The summed E-state index contributed by atoms with van der Waals surface area (Å²) in [6.07, 6.45) is 0.812. The molecule has 0 aliphatic carbocycles. The van der Waals surface area contributed by atoms with Crippen molar-refractivity contribution in [1.29, 1.82) is 0 Å². The van der Waals surface area contributed by atoms with Crippen LogP contribution in [0.5, 0.6) is 5.75 Å². The van der Waals surface area contributed by atoms with Gasteiger partial charge in [0.1, 0.15) is 18.1 Å². The molecule has 2 aromatic carbocycles. The Balaban J connectivity index is 1.56. The maximum Gasteiger partial charge on any atom is 0.255 e. The molecule has 148 valence electrons. The van der Waals surface area contributed by atoms with Gasteiger partial charge in [-0.2, -0.15) is 0 Å². The summed E-state index contributed by atoms with van der Waals surface area (Å²) in [5.41, 5.74) is 2.23. The Labute approximate surface area is 173 Å². The fourth-order valence-electron chi connectivity index (χ4n) is 3.22. The van der Waals surface area contributed by atoms with Gasteiger partial charge in [-0.25, -0.2) is 0 Å². The number of nitrogens with one attached hydrogen (secondary N) is 1. The van der Waals surface area contributed by atoms with E-state index in [1.54, 1.807) is 11.3 Å². The number of carbonyl (C=O) groups excluding carboxylic acids is 1. The smallest absolute Gasteiger partial charge is 0.255 e. The zero-order chi connectivity index (χ0) is 20.2. The van der Waals surface area contributed by atoms with E-state index in [1.807, 2.05) is 61.7 Å². The average molecular weight is 407 g/mol. The fraction of sp³-hybridized carbons (Fsp3) is 0.217. The van der Waals surface area contributed by atoms with E-state index in [9.17, 15) is 4.79 Å². The first kappa shape index (κ1) is 19.2. The van der Waals surface area contributed by atoms with Gasteiger partial charge in [-0.3, -0.25) is 4.79 Å². The van der Waals surface area contributed by atoms with E-state index in [2.05, 4.69) is 16.5 Å². The Morgan fingerprint density at radius 3 is 2.62 bits per heavy atom. The number of hydrogen-bond acceptors (Lipinski definition) is 5. The monoisotopic (exact) mass is 406 g/mol. The molecule has 1 N–H and O–H groups in total. The van der Waals surface area contributed by atoms with Crippen molar-refractivity contribution in [3.05, 3.63) is 81.4 Å². The van der Waals surface area contributed by atoms with Crippen LogP contribution in [0.2, 0.25) is 0 Å². The largest absolute Gasteiger partial charge is 0.488 e. The van der Waals surface area contributed by atoms with Crippen molar-refractivity contribution in [3.8, 4) is 5.75 Å². The maximum atomic E-state index is 12.9. The van der Waals surface area contributed by atoms with Crippen molar-refractivity contribution in [3.63, 3.8) is 0 Å². The lowest BCUT2D eigenvalue weighted by Gasteiger charge is -2.13. The highest BCUT2D eigenvalue weighted by molar-refractivity contribution is 7.09. The molecule has 0 aliphatic rings. The SMILES string of the molecule is Cc1noc(C)c1COc1cc2ccccc2cc1C(=O)NCCc1cccs1. The lowest BCUT2D eigenvalue weighted by atomic mass is 10.1. The second-order valence-electron chi connectivity index (χ2n) is 6.87. The number of aromatic nitrogens is 1. The zero-order valence-corrected chi connectivity index (χ0v) is 17.2. The van der Waals surface area contributed by atoms with Crippen molar-refractivity contribution in [2.45, 2.75) is 26.9 Å². The Bertz CT molecular complexity index is 1110. The van der Waals surface area contributed by atoms with Crippen LogP contribution < -0.4 is 10.1 Å². The van der Waals surface area contributed by atoms with Gasteiger partial charge in [0.25, 0.3) is 5.91 Å². The number of hydrogen-bond donors (Lipinski definition) is 1. The minimum atomic E-state index is -0.138. The van der Waals surface area contributed by atoms with E-state index >= 15 is 0 Å². The molecule has 2 aromatic heterocycles. The van der Waals surface area contributed by atoms with Gasteiger partial charge >= 0.3 is 0 Å². The van der Waals surface area contributed by atoms with Crippen LogP contribution in [0.1, 0.15) is 32.3 Å². The van der Waals surface area contributed by atoms with Gasteiger partial charge in [-0.15, -0.1) is 11.3 Å². The standard InChI is InChI=1S/C23H22N2O3S/c1-15-21(16(2)28-25-15)14-27-22-13-18-7-4-3-6-17(18)12-20(22)23(26)24-10-9-19-8-5-11-29-19/h3-8,11-13H,9-10,14H2,1-2H3,(H,24,26). The Hall–Kier alpha value is -3.12. The molecule has 0 radical (unpaired) electrons. The Kier molecular flexibility index (Phi) is 5.62. The molecule has 0 atom stereocenters. The van der Waals surface area contributed by atoms with Crippen LogP contribution >= 0.6 is 11.3 Å². The molecule has 4 rings (SSSR count). The van der Waals surface area contributed by atoms with Gasteiger partial charge in [0.2, 0.25) is 0 Å². The highest BCUT2D eigenvalue weighted by Crippen LogP contribution is 2.28. The van der Waals surface area contributed by atoms with Gasteiger partial charge in [-0.05, 0) is 54.6 Å². The molecule has 2 heterocycles. The summed E-state index contributed by atoms with van der Waals surface area (Å²) in [5, 5.41) is 11.1. The molecule has 29 heavy (non-hydrogen) atoms. The van der Waals surface area contributed by atoms with E-state index in [-0.39, 0.29) is 5.91 Å². The number of fused-ring (bicyclic) bond motifs is 1. The van der Waals surface area contributed by atoms with Gasteiger partial charge in [-0.1, -0.05) is 35.5 Å². The number of nitrogens with zero attached hydrogens (tertiary/aromatic N) is 1.